The average Bonchev–Trinajstić information content (AvgIpc) is 2.88. The van der Waals surface area contributed by atoms with Crippen LogP contribution in [0.4, 0.5) is 5.69 Å². The number of ether oxygens (including phenoxy) is 1. The van der Waals surface area contributed by atoms with Gasteiger partial charge in [-0.3, -0.25) is 4.79 Å². The van der Waals surface area contributed by atoms with Gasteiger partial charge in [0.05, 0.1) is 12.6 Å². The number of rotatable bonds is 6. The molecule has 1 atom stereocenters. The Morgan fingerprint density at radius 3 is 3.11 bits per heavy atom. The lowest BCUT2D eigenvalue weighted by atomic mass is 10.2. The summed E-state index contributed by atoms with van der Waals surface area (Å²) in [5.41, 5.74) is 0.806. The van der Waals surface area contributed by atoms with Crippen molar-refractivity contribution in [3.05, 3.63) is 28.7 Å². The van der Waals surface area contributed by atoms with Gasteiger partial charge in [0.15, 0.2) is 0 Å². The molecule has 1 unspecified atom stereocenters. The Bertz CT molecular complexity index is 420. The van der Waals surface area contributed by atoms with E-state index in [4.69, 9.17) is 4.74 Å². The summed E-state index contributed by atoms with van der Waals surface area (Å²) in [6.07, 6.45) is 3.66. The molecule has 1 aromatic carbocycles. The third-order valence-electron chi connectivity index (χ3n) is 3.06. The SMILES string of the molecule is O=C(CNCCC1CCCO1)Nc1cccc(Br)c1. The van der Waals surface area contributed by atoms with Crippen LogP contribution >= 0.6 is 15.9 Å². The van der Waals surface area contributed by atoms with Gasteiger partial charge < -0.3 is 15.4 Å². The molecule has 1 heterocycles. The van der Waals surface area contributed by atoms with E-state index in [9.17, 15) is 4.79 Å². The first-order valence-corrected chi connectivity index (χ1v) is 7.41. The molecule has 0 saturated carbocycles. The number of nitrogens with one attached hydrogen (secondary N) is 2. The summed E-state index contributed by atoms with van der Waals surface area (Å²) in [6.45, 7) is 2.03. The molecule has 19 heavy (non-hydrogen) atoms. The number of carbonyl (C=O) groups excluding carboxylic acids is 1. The highest BCUT2D eigenvalue weighted by atomic mass is 79.9. The minimum Gasteiger partial charge on any atom is -0.378 e. The zero-order valence-electron chi connectivity index (χ0n) is 10.8. The predicted octanol–water partition coefficient (Wildman–Crippen LogP) is 2.55. The maximum absolute atomic E-state index is 11.7. The number of amides is 1. The fourth-order valence-corrected chi connectivity index (χ4v) is 2.51. The van der Waals surface area contributed by atoms with Gasteiger partial charge in [0.25, 0.3) is 0 Å². The first kappa shape index (κ1) is 14.5. The van der Waals surface area contributed by atoms with Gasteiger partial charge in [-0.25, -0.2) is 0 Å². The molecule has 1 aliphatic rings. The maximum atomic E-state index is 11.7. The van der Waals surface area contributed by atoms with Crippen LogP contribution < -0.4 is 10.6 Å². The summed E-state index contributed by atoms with van der Waals surface area (Å²) in [4.78, 5) is 11.7. The van der Waals surface area contributed by atoms with Gasteiger partial charge in [0.2, 0.25) is 5.91 Å². The molecule has 1 aromatic rings. The summed E-state index contributed by atoms with van der Waals surface area (Å²) >= 11 is 3.37. The first-order chi connectivity index (χ1) is 9.24. The van der Waals surface area contributed by atoms with Crippen LogP contribution in [0.3, 0.4) is 0 Å². The Labute approximate surface area is 122 Å². The molecule has 1 saturated heterocycles. The van der Waals surface area contributed by atoms with E-state index in [1.165, 1.54) is 0 Å². The molecule has 0 bridgehead atoms. The van der Waals surface area contributed by atoms with Crippen LogP contribution in [0.5, 0.6) is 0 Å². The van der Waals surface area contributed by atoms with E-state index in [2.05, 4.69) is 26.6 Å². The summed E-state index contributed by atoms with van der Waals surface area (Å²) in [6, 6.07) is 7.57. The lowest BCUT2D eigenvalue weighted by Gasteiger charge is -2.10. The van der Waals surface area contributed by atoms with Gasteiger partial charge in [0, 0.05) is 16.8 Å². The van der Waals surface area contributed by atoms with Gasteiger partial charge in [0.1, 0.15) is 0 Å². The molecule has 2 rings (SSSR count). The molecule has 0 radical (unpaired) electrons. The largest absolute Gasteiger partial charge is 0.378 e. The molecular weight excluding hydrogens is 308 g/mol. The van der Waals surface area contributed by atoms with Crippen molar-refractivity contribution in [2.24, 2.45) is 0 Å². The third kappa shape index (κ3) is 5.30. The van der Waals surface area contributed by atoms with Crippen LogP contribution in [-0.4, -0.2) is 31.7 Å². The summed E-state index contributed by atoms with van der Waals surface area (Å²) in [7, 11) is 0. The van der Waals surface area contributed by atoms with Crippen molar-refractivity contribution < 1.29 is 9.53 Å². The monoisotopic (exact) mass is 326 g/mol. The molecular formula is C14H19BrN2O2. The standard InChI is InChI=1S/C14H19BrN2O2/c15-11-3-1-4-12(9-11)17-14(18)10-16-7-6-13-5-2-8-19-13/h1,3-4,9,13,16H,2,5-8,10H2,(H,17,18). The first-order valence-electron chi connectivity index (χ1n) is 6.62. The molecule has 0 aromatic heterocycles. The second-order valence-electron chi connectivity index (χ2n) is 4.66. The normalized spacial score (nSPS) is 18.5. The number of halogens is 1. The number of hydrogen-bond acceptors (Lipinski definition) is 3. The molecule has 0 aliphatic carbocycles. The van der Waals surface area contributed by atoms with E-state index in [-0.39, 0.29) is 5.91 Å². The van der Waals surface area contributed by atoms with E-state index in [1.54, 1.807) is 0 Å². The van der Waals surface area contributed by atoms with Crippen molar-refractivity contribution >= 4 is 27.5 Å². The minimum atomic E-state index is -0.0227. The Hall–Kier alpha value is -0.910. The van der Waals surface area contributed by atoms with Gasteiger partial charge in [-0.2, -0.15) is 0 Å². The number of benzene rings is 1. The zero-order valence-corrected chi connectivity index (χ0v) is 12.4. The molecule has 1 aliphatic heterocycles. The third-order valence-corrected chi connectivity index (χ3v) is 3.55. The highest BCUT2D eigenvalue weighted by Crippen LogP contribution is 2.15. The van der Waals surface area contributed by atoms with Crippen molar-refractivity contribution in [1.29, 1.82) is 0 Å². The lowest BCUT2D eigenvalue weighted by Crippen LogP contribution is -2.30. The fraction of sp³-hybridized carbons (Fsp3) is 0.500. The zero-order chi connectivity index (χ0) is 13.5. The van der Waals surface area contributed by atoms with Crippen LogP contribution in [-0.2, 0) is 9.53 Å². The quantitative estimate of drug-likeness (QED) is 0.790. The van der Waals surface area contributed by atoms with Crippen LogP contribution in [0.25, 0.3) is 0 Å². The van der Waals surface area contributed by atoms with Crippen molar-refractivity contribution in [1.82, 2.24) is 5.32 Å². The van der Waals surface area contributed by atoms with Crippen molar-refractivity contribution in [3.8, 4) is 0 Å². The molecule has 1 fully saturated rings. The van der Waals surface area contributed by atoms with Crippen molar-refractivity contribution in [2.75, 3.05) is 25.0 Å². The Morgan fingerprint density at radius 2 is 2.37 bits per heavy atom. The summed E-state index contributed by atoms with van der Waals surface area (Å²) in [5, 5.41) is 5.99. The predicted molar refractivity (Wildman–Crippen MR) is 79.2 cm³/mol. The fourth-order valence-electron chi connectivity index (χ4n) is 2.11. The molecule has 1 amide bonds. The van der Waals surface area contributed by atoms with Crippen molar-refractivity contribution in [3.63, 3.8) is 0 Å². The van der Waals surface area contributed by atoms with Crippen molar-refractivity contribution in [2.45, 2.75) is 25.4 Å². The van der Waals surface area contributed by atoms with Gasteiger partial charge in [-0.05, 0) is 44.0 Å². The van der Waals surface area contributed by atoms with E-state index < -0.39 is 0 Å². The average molecular weight is 327 g/mol. The Kier molecular flexibility index (Phi) is 5.82. The summed E-state index contributed by atoms with van der Waals surface area (Å²) in [5.74, 6) is -0.0227. The number of hydrogen-bond donors (Lipinski definition) is 2. The second-order valence-corrected chi connectivity index (χ2v) is 5.57. The number of anilines is 1. The highest BCUT2D eigenvalue weighted by molar-refractivity contribution is 9.10. The van der Waals surface area contributed by atoms with Gasteiger partial charge in [-0.15, -0.1) is 0 Å². The van der Waals surface area contributed by atoms with Crippen LogP contribution in [0, 0.1) is 0 Å². The molecule has 104 valence electrons. The van der Waals surface area contributed by atoms with Gasteiger partial charge >= 0.3 is 0 Å². The van der Waals surface area contributed by atoms with Crippen LogP contribution in [0.2, 0.25) is 0 Å². The second kappa shape index (κ2) is 7.62. The Morgan fingerprint density at radius 1 is 1.47 bits per heavy atom. The van der Waals surface area contributed by atoms with E-state index in [0.29, 0.717) is 12.6 Å². The highest BCUT2D eigenvalue weighted by Gasteiger charge is 2.14. The molecule has 2 N–H and O–H groups in total. The van der Waals surface area contributed by atoms with E-state index in [0.717, 1.165) is 42.6 Å². The maximum Gasteiger partial charge on any atom is 0.238 e. The molecule has 0 spiro atoms. The molecule has 4 nitrogen and oxygen atoms in total. The number of carbonyl (C=O) groups is 1. The topological polar surface area (TPSA) is 50.4 Å². The summed E-state index contributed by atoms with van der Waals surface area (Å²) < 4.78 is 6.48. The lowest BCUT2D eigenvalue weighted by molar-refractivity contribution is -0.115. The Balaban J connectivity index is 1.61. The smallest absolute Gasteiger partial charge is 0.238 e. The van der Waals surface area contributed by atoms with Crippen LogP contribution in [0.15, 0.2) is 28.7 Å². The van der Waals surface area contributed by atoms with Gasteiger partial charge in [-0.1, -0.05) is 22.0 Å². The van der Waals surface area contributed by atoms with Crippen LogP contribution in [0.1, 0.15) is 19.3 Å². The minimum absolute atomic E-state index is 0.0227. The molecule has 5 heteroatoms. The van der Waals surface area contributed by atoms with E-state index >= 15 is 0 Å². The van der Waals surface area contributed by atoms with E-state index in [1.807, 2.05) is 24.3 Å².